The molecule has 146 valence electrons. The SMILES string of the molecule is CCc1nc2sc(C(=O)Nc3ccccc3)c(C)c2c(=O)n1CCCC(=O)O. The van der Waals surface area contributed by atoms with Gasteiger partial charge in [0.15, 0.2) is 0 Å². The summed E-state index contributed by atoms with van der Waals surface area (Å²) in [6.07, 6.45) is 0.877. The van der Waals surface area contributed by atoms with Gasteiger partial charge in [-0.2, -0.15) is 0 Å². The molecule has 1 amide bonds. The van der Waals surface area contributed by atoms with Gasteiger partial charge in [-0.15, -0.1) is 11.3 Å². The number of thiophene rings is 1. The van der Waals surface area contributed by atoms with E-state index in [2.05, 4.69) is 10.3 Å². The molecule has 0 fully saturated rings. The Morgan fingerprint density at radius 2 is 1.96 bits per heavy atom. The lowest BCUT2D eigenvalue weighted by atomic mass is 10.2. The molecule has 0 atom stereocenters. The van der Waals surface area contributed by atoms with Gasteiger partial charge in [-0.05, 0) is 31.0 Å². The smallest absolute Gasteiger partial charge is 0.303 e. The number of carbonyl (C=O) groups is 2. The third-order valence-electron chi connectivity index (χ3n) is 4.46. The maximum atomic E-state index is 13.0. The molecule has 7 nitrogen and oxygen atoms in total. The third-order valence-corrected chi connectivity index (χ3v) is 5.64. The van der Waals surface area contributed by atoms with Crippen molar-refractivity contribution in [2.75, 3.05) is 5.32 Å². The topological polar surface area (TPSA) is 101 Å². The van der Waals surface area contributed by atoms with Crippen LogP contribution in [0, 0.1) is 6.92 Å². The van der Waals surface area contributed by atoms with Crippen LogP contribution in [-0.4, -0.2) is 26.5 Å². The maximum Gasteiger partial charge on any atom is 0.303 e. The molecule has 2 aromatic heterocycles. The van der Waals surface area contributed by atoms with Crippen molar-refractivity contribution in [2.24, 2.45) is 0 Å². The van der Waals surface area contributed by atoms with Crippen molar-refractivity contribution >= 4 is 39.1 Å². The summed E-state index contributed by atoms with van der Waals surface area (Å²) in [5.41, 5.74) is 1.05. The second-order valence-corrected chi connectivity index (χ2v) is 7.39. The molecule has 2 heterocycles. The van der Waals surface area contributed by atoms with E-state index in [0.29, 0.717) is 45.0 Å². The average molecular weight is 399 g/mol. The van der Waals surface area contributed by atoms with Gasteiger partial charge in [-0.1, -0.05) is 25.1 Å². The number of nitrogens with zero attached hydrogens (tertiary/aromatic N) is 2. The Morgan fingerprint density at radius 3 is 2.61 bits per heavy atom. The molecule has 3 aromatic rings. The van der Waals surface area contributed by atoms with Crippen molar-refractivity contribution in [3.63, 3.8) is 0 Å². The van der Waals surface area contributed by atoms with Crippen LogP contribution in [0.15, 0.2) is 35.1 Å². The molecule has 2 N–H and O–H groups in total. The van der Waals surface area contributed by atoms with E-state index in [4.69, 9.17) is 5.11 Å². The van der Waals surface area contributed by atoms with Gasteiger partial charge < -0.3 is 10.4 Å². The van der Waals surface area contributed by atoms with E-state index in [9.17, 15) is 14.4 Å². The monoisotopic (exact) mass is 399 g/mol. The van der Waals surface area contributed by atoms with Gasteiger partial charge in [0.2, 0.25) is 0 Å². The highest BCUT2D eigenvalue weighted by molar-refractivity contribution is 7.20. The molecule has 0 bridgehead atoms. The number of hydrogen-bond donors (Lipinski definition) is 2. The Balaban J connectivity index is 2.00. The summed E-state index contributed by atoms with van der Waals surface area (Å²) in [7, 11) is 0. The highest BCUT2D eigenvalue weighted by atomic mass is 32.1. The summed E-state index contributed by atoms with van der Waals surface area (Å²) in [6.45, 7) is 3.93. The van der Waals surface area contributed by atoms with E-state index in [1.807, 2.05) is 25.1 Å². The Labute approximate surface area is 165 Å². The van der Waals surface area contributed by atoms with Crippen molar-refractivity contribution in [1.29, 1.82) is 0 Å². The minimum atomic E-state index is -0.897. The zero-order chi connectivity index (χ0) is 20.3. The van der Waals surface area contributed by atoms with Gasteiger partial charge in [-0.3, -0.25) is 19.0 Å². The third kappa shape index (κ3) is 3.96. The number of fused-ring (bicyclic) bond motifs is 1. The van der Waals surface area contributed by atoms with Gasteiger partial charge in [0, 0.05) is 25.1 Å². The summed E-state index contributed by atoms with van der Waals surface area (Å²) >= 11 is 1.20. The second-order valence-electron chi connectivity index (χ2n) is 6.39. The Morgan fingerprint density at radius 1 is 1.25 bits per heavy atom. The highest BCUT2D eigenvalue weighted by Crippen LogP contribution is 2.28. The fraction of sp³-hybridized carbons (Fsp3) is 0.300. The number of anilines is 1. The fourth-order valence-electron chi connectivity index (χ4n) is 3.07. The van der Waals surface area contributed by atoms with E-state index >= 15 is 0 Å². The van der Waals surface area contributed by atoms with Gasteiger partial charge in [-0.25, -0.2) is 4.98 Å². The van der Waals surface area contributed by atoms with Crippen molar-refractivity contribution in [3.05, 3.63) is 57.0 Å². The van der Waals surface area contributed by atoms with E-state index < -0.39 is 5.97 Å². The first kappa shape index (κ1) is 19.8. The lowest BCUT2D eigenvalue weighted by Crippen LogP contribution is -2.25. The van der Waals surface area contributed by atoms with E-state index in [1.165, 1.54) is 15.9 Å². The average Bonchev–Trinajstić information content (AvgIpc) is 3.00. The van der Waals surface area contributed by atoms with Crippen LogP contribution in [-0.2, 0) is 17.8 Å². The first-order chi connectivity index (χ1) is 13.4. The first-order valence-corrected chi connectivity index (χ1v) is 9.85. The molecular weight excluding hydrogens is 378 g/mol. The normalized spacial score (nSPS) is 10.9. The number of benzene rings is 1. The summed E-state index contributed by atoms with van der Waals surface area (Å²) < 4.78 is 1.53. The Hall–Kier alpha value is -3.00. The van der Waals surface area contributed by atoms with Gasteiger partial charge in [0.25, 0.3) is 11.5 Å². The highest BCUT2D eigenvalue weighted by Gasteiger charge is 2.21. The molecule has 0 aliphatic carbocycles. The van der Waals surface area contributed by atoms with Crippen LogP contribution in [0.1, 0.15) is 40.8 Å². The van der Waals surface area contributed by atoms with Crippen molar-refractivity contribution in [2.45, 2.75) is 39.7 Å². The maximum absolute atomic E-state index is 13.0. The number of rotatable bonds is 7. The number of carbonyl (C=O) groups excluding carboxylic acids is 1. The minimum Gasteiger partial charge on any atom is -0.481 e. The number of para-hydroxylation sites is 1. The molecule has 0 unspecified atom stereocenters. The predicted molar refractivity (Wildman–Crippen MR) is 109 cm³/mol. The number of nitrogens with one attached hydrogen (secondary N) is 1. The molecule has 0 spiro atoms. The van der Waals surface area contributed by atoms with Crippen molar-refractivity contribution < 1.29 is 14.7 Å². The molecule has 0 aliphatic rings. The molecule has 0 saturated heterocycles. The molecular formula is C20H21N3O4S. The lowest BCUT2D eigenvalue weighted by Gasteiger charge is -2.10. The number of carboxylic acid groups (broad SMARTS) is 1. The second kappa shape index (κ2) is 8.35. The van der Waals surface area contributed by atoms with Crippen LogP contribution < -0.4 is 10.9 Å². The molecule has 0 aliphatic heterocycles. The standard InChI is InChI=1S/C20H21N3O4S/c1-3-14-22-19-16(20(27)23(14)11-7-10-15(24)25)12(2)17(28-19)18(26)21-13-8-5-4-6-9-13/h4-6,8-9H,3,7,10-11H2,1-2H3,(H,21,26)(H,24,25). The molecule has 28 heavy (non-hydrogen) atoms. The van der Waals surface area contributed by atoms with Crippen LogP contribution in [0.25, 0.3) is 10.2 Å². The van der Waals surface area contributed by atoms with Gasteiger partial charge in [0.1, 0.15) is 10.7 Å². The lowest BCUT2D eigenvalue weighted by molar-refractivity contribution is -0.137. The number of amides is 1. The summed E-state index contributed by atoms with van der Waals surface area (Å²) in [5, 5.41) is 12.1. The summed E-state index contributed by atoms with van der Waals surface area (Å²) in [6, 6.07) is 9.12. The van der Waals surface area contributed by atoms with E-state index in [0.717, 1.165) is 0 Å². The van der Waals surface area contributed by atoms with Crippen molar-refractivity contribution in [1.82, 2.24) is 9.55 Å². The largest absolute Gasteiger partial charge is 0.481 e. The zero-order valence-corrected chi connectivity index (χ0v) is 16.5. The summed E-state index contributed by atoms with van der Waals surface area (Å²) in [5.74, 6) is -0.576. The fourth-order valence-corrected chi connectivity index (χ4v) is 4.16. The number of aliphatic carboxylic acids is 1. The van der Waals surface area contributed by atoms with Gasteiger partial charge in [0.05, 0.1) is 10.3 Å². The van der Waals surface area contributed by atoms with E-state index in [1.54, 1.807) is 19.1 Å². The van der Waals surface area contributed by atoms with Crippen LogP contribution in [0.2, 0.25) is 0 Å². The Bertz CT molecular complexity index is 1090. The van der Waals surface area contributed by atoms with Crippen LogP contribution in [0.5, 0.6) is 0 Å². The molecule has 1 aromatic carbocycles. The number of aromatic nitrogens is 2. The first-order valence-electron chi connectivity index (χ1n) is 9.03. The number of hydrogen-bond acceptors (Lipinski definition) is 5. The molecule has 3 rings (SSSR count). The Kier molecular flexibility index (Phi) is 5.89. The molecule has 0 saturated carbocycles. The number of carboxylic acids is 1. The predicted octanol–water partition coefficient (Wildman–Crippen LogP) is 3.45. The zero-order valence-electron chi connectivity index (χ0n) is 15.7. The van der Waals surface area contributed by atoms with Crippen LogP contribution in [0.4, 0.5) is 5.69 Å². The molecule has 8 heteroatoms. The van der Waals surface area contributed by atoms with E-state index in [-0.39, 0.29) is 24.4 Å². The summed E-state index contributed by atoms with van der Waals surface area (Å²) in [4.78, 5) is 42.1. The minimum absolute atomic E-state index is 0.0129. The molecule has 0 radical (unpaired) electrons. The quantitative estimate of drug-likeness (QED) is 0.634. The van der Waals surface area contributed by atoms with Gasteiger partial charge >= 0.3 is 5.97 Å². The number of aryl methyl sites for hydroxylation is 2. The van der Waals surface area contributed by atoms with Crippen LogP contribution in [0.3, 0.4) is 0 Å². The van der Waals surface area contributed by atoms with Crippen LogP contribution >= 0.6 is 11.3 Å². The van der Waals surface area contributed by atoms with Crippen molar-refractivity contribution in [3.8, 4) is 0 Å².